The number of rotatable bonds is 1. The van der Waals surface area contributed by atoms with E-state index < -0.39 is 0 Å². The third kappa shape index (κ3) is 2.57. The molecule has 2 heterocycles. The average molecular weight is 365 g/mol. The first-order valence-corrected chi connectivity index (χ1v) is 7.38. The monoisotopic (exact) mass is 363 g/mol. The van der Waals surface area contributed by atoms with Crippen LogP contribution in [-0.2, 0) is 0 Å². The predicted octanol–water partition coefficient (Wildman–Crippen LogP) is 4.07. The molecule has 0 unspecified atom stereocenters. The van der Waals surface area contributed by atoms with E-state index in [9.17, 15) is 4.79 Å². The van der Waals surface area contributed by atoms with E-state index in [1.807, 2.05) is 11.0 Å². The molecule has 2 rings (SSSR count). The number of hydrogen-bond donors (Lipinski definition) is 0. The van der Waals surface area contributed by atoms with Crippen LogP contribution in [0.3, 0.4) is 0 Å². The van der Waals surface area contributed by atoms with Gasteiger partial charge in [-0.15, -0.1) is 11.3 Å². The zero-order valence-electron chi connectivity index (χ0n) is 8.80. The van der Waals surface area contributed by atoms with Gasteiger partial charge in [-0.3, -0.25) is 4.79 Å². The summed E-state index contributed by atoms with van der Waals surface area (Å²) in [5, 5.41) is 0. The molecule has 0 N–H and O–H groups in total. The molecule has 1 aromatic rings. The summed E-state index contributed by atoms with van der Waals surface area (Å²) in [6, 6.07) is 1.88. The van der Waals surface area contributed by atoms with Crippen molar-refractivity contribution in [2.24, 2.45) is 0 Å². The summed E-state index contributed by atoms with van der Waals surface area (Å²) in [4.78, 5) is 14.9. The van der Waals surface area contributed by atoms with Crippen LogP contribution in [0.1, 0.15) is 23.0 Å². The van der Waals surface area contributed by atoms with Gasteiger partial charge >= 0.3 is 0 Å². The van der Waals surface area contributed by atoms with Crippen LogP contribution in [-0.4, -0.2) is 23.9 Å². The molecule has 0 radical (unpaired) electrons. The smallest absolute Gasteiger partial charge is 0.264 e. The average Bonchev–Trinajstić information content (AvgIpc) is 2.58. The maximum atomic E-state index is 12.2. The van der Waals surface area contributed by atoms with Crippen LogP contribution in [0.2, 0.25) is 0 Å². The molecule has 16 heavy (non-hydrogen) atoms. The van der Waals surface area contributed by atoms with Crippen molar-refractivity contribution in [3.05, 3.63) is 30.9 Å². The molecule has 1 aliphatic heterocycles. The van der Waals surface area contributed by atoms with Gasteiger partial charge in [0.25, 0.3) is 5.91 Å². The highest BCUT2D eigenvalue weighted by Crippen LogP contribution is 2.33. The van der Waals surface area contributed by atoms with Crippen LogP contribution in [0.15, 0.2) is 26.0 Å². The number of amides is 1. The first kappa shape index (κ1) is 12.3. The van der Waals surface area contributed by atoms with E-state index in [1.165, 1.54) is 16.9 Å². The van der Waals surface area contributed by atoms with Crippen molar-refractivity contribution in [3.63, 3.8) is 0 Å². The van der Waals surface area contributed by atoms with E-state index in [0.29, 0.717) is 0 Å². The first-order chi connectivity index (χ1) is 7.58. The summed E-state index contributed by atoms with van der Waals surface area (Å²) in [5.41, 5.74) is 1.27. The van der Waals surface area contributed by atoms with Crippen molar-refractivity contribution in [1.82, 2.24) is 4.90 Å². The topological polar surface area (TPSA) is 20.3 Å². The largest absolute Gasteiger partial charge is 0.334 e. The molecule has 0 atom stereocenters. The van der Waals surface area contributed by atoms with Gasteiger partial charge in [0, 0.05) is 17.6 Å². The van der Waals surface area contributed by atoms with Crippen molar-refractivity contribution in [3.8, 4) is 0 Å². The second-order valence-corrected chi connectivity index (χ2v) is 7.02. The molecular formula is C11H11Br2NOS. The Labute approximate surface area is 116 Å². The van der Waals surface area contributed by atoms with Crippen molar-refractivity contribution in [2.75, 3.05) is 13.1 Å². The van der Waals surface area contributed by atoms with Gasteiger partial charge in [0.05, 0.1) is 8.66 Å². The molecule has 0 saturated heterocycles. The third-order valence-corrected chi connectivity index (χ3v) is 5.72. The van der Waals surface area contributed by atoms with Crippen molar-refractivity contribution in [2.45, 2.75) is 13.3 Å². The van der Waals surface area contributed by atoms with Gasteiger partial charge in [-0.1, -0.05) is 11.6 Å². The molecule has 0 aromatic carbocycles. The van der Waals surface area contributed by atoms with E-state index in [4.69, 9.17) is 0 Å². The molecular weight excluding hydrogens is 354 g/mol. The van der Waals surface area contributed by atoms with Gasteiger partial charge in [-0.05, 0) is 51.3 Å². The molecule has 1 amide bonds. The minimum atomic E-state index is 0.129. The highest BCUT2D eigenvalue weighted by Gasteiger charge is 2.20. The molecule has 2 nitrogen and oxygen atoms in total. The lowest BCUT2D eigenvalue weighted by atomic mass is 10.1. The fourth-order valence-corrected chi connectivity index (χ4v) is 3.70. The number of nitrogens with zero attached hydrogens (tertiary/aromatic N) is 1. The van der Waals surface area contributed by atoms with Gasteiger partial charge < -0.3 is 4.90 Å². The lowest BCUT2D eigenvalue weighted by molar-refractivity contribution is 0.0771. The Hall–Kier alpha value is -0.130. The highest BCUT2D eigenvalue weighted by molar-refractivity contribution is 9.13. The van der Waals surface area contributed by atoms with Crippen LogP contribution in [0.4, 0.5) is 0 Å². The second-order valence-electron chi connectivity index (χ2n) is 3.80. The Kier molecular flexibility index (Phi) is 3.87. The van der Waals surface area contributed by atoms with Crippen LogP contribution in [0.5, 0.6) is 0 Å². The van der Waals surface area contributed by atoms with Gasteiger partial charge in [0.2, 0.25) is 0 Å². The predicted molar refractivity (Wildman–Crippen MR) is 74.0 cm³/mol. The van der Waals surface area contributed by atoms with Gasteiger partial charge in [0.1, 0.15) is 0 Å². The Morgan fingerprint density at radius 1 is 1.50 bits per heavy atom. The van der Waals surface area contributed by atoms with E-state index in [1.54, 1.807) is 0 Å². The fourth-order valence-electron chi connectivity index (χ4n) is 1.69. The van der Waals surface area contributed by atoms with Gasteiger partial charge in [-0.25, -0.2) is 0 Å². The lowest BCUT2D eigenvalue weighted by Crippen LogP contribution is -2.34. The van der Waals surface area contributed by atoms with E-state index in [2.05, 4.69) is 44.9 Å². The van der Waals surface area contributed by atoms with Crippen LogP contribution >= 0.6 is 43.2 Å². The van der Waals surface area contributed by atoms with E-state index >= 15 is 0 Å². The number of carbonyl (C=O) groups excluding carboxylic acids is 1. The molecule has 5 heteroatoms. The zero-order valence-corrected chi connectivity index (χ0v) is 12.8. The number of halogens is 2. The van der Waals surface area contributed by atoms with Gasteiger partial charge in [-0.2, -0.15) is 0 Å². The molecule has 0 spiro atoms. The molecule has 86 valence electrons. The van der Waals surface area contributed by atoms with Crippen molar-refractivity contribution < 1.29 is 4.79 Å². The van der Waals surface area contributed by atoms with Crippen molar-refractivity contribution in [1.29, 1.82) is 0 Å². The first-order valence-electron chi connectivity index (χ1n) is 4.97. The SMILES string of the molecule is CC1=CCCN(C(=O)c2cc(Br)c(Br)s2)C1. The Balaban J connectivity index is 2.16. The number of thiophene rings is 1. The molecule has 1 aromatic heterocycles. The Bertz CT molecular complexity index is 433. The number of hydrogen-bond acceptors (Lipinski definition) is 2. The summed E-state index contributed by atoms with van der Waals surface area (Å²) >= 11 is 8.29. The maximum absolute atomic E-state index is 12.2. The summed E-state index contributed by atoms with van der Waals surface area (Å²) in [6.45, 7) is 3.65. The zero-order chi connectivity index (χ0) is 11.7. The summed E-state index contributed by atoms with van der Waals surface area (Å²) in [6.07, 6.45) is 3.16. The summed E-state index contributed by atoms with van der Waals surface area (Å²) in [5.74, 6) is 0.129. The van der Waals surface area contributed by atoms with E-state index in [0.717, 1.165) is 32.6 Å². The minimum Gasteiger partial charge on any atom is -0.334 e. The molecule has 0 saturated carbocycles. The maximum Gasteiger partial charge on any atom is 0.264 e. The fraction of sp³-hybridized carbons (Fsp3) is 0.364. The van der Waals surface area contributed by atoms with Crippen molar-refractivity contribution >= 4 is 49.1 Å². The summed E-state index contributed by atoms with van der Waals surface area (Å²) in [7, 11) is 0. The molecule has 1 aliphatic rings. The van der Waals surface area contributed by atoms with Gasteiger partial charge in [0.15, 0.2) is 0 Å². The van der Waals surface area contributed by atoms with Crippen LogP contribution < -0.4 is 0 Å². The van der Waals surface area contributed by atoms with Crippen LogP contribution in [0.25, 0.3) is 0 Å². The molecule has 0 fully saturated rings. The Morgan fingerprint density at radius 3 is 2.81 bits per heavy atom. The summed E-state index contributed by atoms with van der Waals surface area (Å²) < 4.78 is 1.92. The normalized spacial score (nSPS) is 16.2. The molecule has 0 bridgehead atoms. The standard InChI is InChI=1S/C11H11Br2NOS/c1-7-3-2-4-14(6-7)11(15)9-5-8(12)10(13)16-9/h3,5H,2,4,6H2,1H3. The second kappa shape index (κ2) is 5.02. The molecule has 0 aliphatic carbocycles. The third-order valence-electron chi connectivity index (χ3n) is 2.48. The quantitative estimate of drug-likeness (QED) is 0.688. The number of carbonyl (C=O) groups is 1. The minimum absolute atomic E-state index is 0.129. The highest BCUT2D eigenvalue weighted by atomic mass is 79.9. The van der Waals surface area contributed by atoms with E-state index in [-0.39, 0.29) is 5.91 Å². The Morgan fingerprint density at radius 2 is 2.25 bits per heavy atom. The lowest BCUT2D eigenvalue weighted by Gasteiger charge is -2.25. The van der Waals surface area contributed by atoms with Crippen LogP contribution in [0, 0.1) is 0 Å².